The van der Waals surface area contributed by atoms with Gasteiger partial charge in [-0.2, -0.15) is 0 Å². The zero-order valence-corrected chi connectivity index (χ0v) is 13.1. The maximum Gasteiger partial charge on any atom is 0.250 e. The number of nitrogens with one attached hydrogen (secondary N) is 1. The minimum atomic E-state index is -3.46. The van der Waals surface area contributed by atoms with Crippen molar-refractivity contribution in [2.75, 3.05) is 46.3 Å². The molecule has 0 radical (unpaired) electrons. The van der Waals surface area contributed by atoms with Crippen LogP contribution in [0.1, 0.15) is 0 Å². The van der Waals surface area contributed by atoms with Gasteiger partial charge in [-0.25, -0.2) is 12.7 Å². The van der Waals surface area contributed by atoms with Crippen molar-refractivity contribution in [2.24, 2.45) is 0 Å². The molecule has 0 aliphatic carbocycles. The molecule has 7 nitrogen and oxygen atoms in total. The molecule has 0 unspecified atom stereocenters. The molecule has 1 aromatic carbocycles. The molecule has 8 heteroatoms. The Morgan fingerprint density at radius 2 is 1.81 bits per heavy atom. The van der Waals surface area contributed by atoms with E-state index in [9.17, 15) is 13.2 Å². The molecule has 1 rings (SSSR count). The van der Waals surface area contributed by atoms with Gasteiger partial charge in [0, 0.05) is 26.9 Å². The Balaban J connectivity index is 2.57. The van der Waals surface area contributed by atoms with E-state index in [-0.39, 0.29) is 17.4 Å². The summed E-state index contributed by atoms with van der Waals surface area (Å²) in [6.07, 6.45) is 0. The van der Waals surface area contributed by atoms with Gasteiger partial charge in [0.2, 0.25) is 15.9 Å². The highest BCUT2D eigenvalue weighted by atomic mass is 32.2. The summed E-state index contributed by atoms with van der Waals surface area (Å²) >= 11 is 0. The Labute approximate surface area is 124 Å². The molecule has 0 bridgehead atoms. The summed E-state index contributed by atoms with van der Waals surface area (Å²) in [6.45, 7) is 0.676. The smallest absolute Gasteiger partial charge is 0.250 e. The number of carbonyl (C=O) groups excluding carboxylic acids is 1. The molecule has 21 heavy (non-hydrogen) atoms. The van der Waals surface area contributed by atoms with Crippen LogP contribution in [0.5, 0.6) is 0 Å². The third kappa shape index (κ3) is 5.43. The summed E-state index contributed by atoms with van der Waals surface area (Å²) in [6, 6.07) is 5.94. The highest BCUT2D eigenvalue weighted by Gasteiger charge is 2.16. The molecule has 118 valence electrons. The number of benzene rings is 1. The van der Waals surface area contributed by atoms with E-state index in [0.717, 1.165) is 4.31 Å². The van der Waals surface area contributed by atoms with Gasteiger partial charge in [-0.1, -0.05) is 0 Å². The van der Waals surface area contributed by atoms with E-state index in [0.29, 0.717) is 18.9 Å². The number of carbonyl (C=O) groups is 1. The second kappa shape index (κ2) is 8.08. The molecule has 0 spiro atoms. The summed E-state index contributed by atoms with van der Waals surface area (Å²) in [4.78, 5) is 11.7. The van der Waals surface area contributed by atoms with Crippen LogP contribution in [0.2, 0.25) is 0 Å². The topological polar surface area (TPSA) is 84.9 Å². The zero-order chi connectivity index (χ0) is 15.9. The number of anilines is 1. The lowest BCUT2D eigenvalue weighted by molar-refractivity contribution is -0.121. The van der Waals surface area contributed by atoms with E-state index in [1.165, 1.54) is 38.4 Å². The van der Waals surface area contributed by atoms with Crippen molar-refractivity contribution in [1.29, 1.82) is 0 Å². The number of amides is 1. The highest BCUT2D eigenvalue weighted by Crippen LogP contribution is 2.16. The van der Waals surface area contributed by atoms with Crippen LogP contribution in [0.3, 0.4) is 0 Å². The minimum absolute atomic E-state index is 0.0822. The SMILES string of the molecule is COCCOCC(=O)Nc1ccc(S(=O)(=O)N(C)C)cc1. The monoisotopic (exact) mass is 316 g/mol. The van der Waals surface area contributed by atoms with Crippen molar-refractivity contribution in [2.45, 2.75) is 4.90 Å². The predicted octanol–water partition coefficient (Wildman–Crippen LogP) is 0.538. The molecule has 0 aliphatic heterocycles. The average Bonchev–Trinajstić information content (AvgIpc) is 2.44. The van der Waals surface area contributed by atoms with E-state index in [4.69, 9.17) is 9.47 Å². The van der Waals surface area contributed by atoms with Gasteiger partial charge in [-0.05, 0) is 24.3 Å². The van der Waals surface area contributed by atoms with Crippen LogP contribution < -0.4 is 5.32 Å². The number of ether oxygens (including phenoxy) is 2. The summed E-state index contributed by atoms with van der Waals surface area (Å²) in [5.41, 5.74) is 0.507. The normalized spacial score (nSPS) is 11.6. The molecule has 0 aromatic heterocycles. The molecule has 1 N–H and O–H groups in total. The van der Waals surface area contributed by atoms with Crippen LogP contribution in [0.15, 0.2) is 29.2 Å². The Morgan fingerprint density at radius 1 is 1.19 bits per heavy atom. The number of rotatable bonds is 8. The summed E-state index contributed by atoms with van der Waals surface area (Å²) < 4.78 is 34.7. The summed E-state index contributed by atoms with van der Waals surface area (Å²) in [7, 11) is 1.01. The number of sulfonamides is 1. The third-order valence-electron chi connectivity index (χ3n) is 2.58. The Morgan fingerprint density at radius 3 is 2.33 bits per heavy atom. The van der Waals surface area contributed by atoms with E-state index in [2.05, 4.69) is 5.32 Å². The van der Waals surface area contributed by atoms with Gasteiger partial charge in [0.1, 0.15) is 6.61 Å². The second-order valence-corrected chi connectivity index (χ2v) is 6.56. The number of hydrogen-bond donors (Lipinski definition) is 1. The Bertz CT molecular complexity index is 554. The Hall–Kier alpha value is -1.48. The third-order valence-corrected chi connectivity index (χ3v) is 4.41. The first-order chi connectivity index (χ1) is 9.87. The van der Waals surface area contributed by atoms with Crippen LogP contribution in [-0.2, 0) is 24.3 Å². The number of hydrogen-bond acceptors (Lipinski definition) is 5. The van der Waals surface area contributed by atoms with E-state index in [1.807, 2.05) is 0 Å². The Kier molecular flexibility index (Phi) is 6.76. The average molecular weight is 316 g/mol. The lowest BCUT2D eigenvalue weighted by Crippen LogP contribution is -2.22. The molecular weight excluding hydrogens is 296 g/mol. The molecule has 1 aromatic rings. The molecule has 0 saturated heterocycles. The first kappa shape index (κ1) is 17.6. The molecule has 0 aliphatic rings. The molecule has 0 heterocycles. The minimum Gasteiger partial charge on any atom is -0.382 e. The molecule has 1 amide bonds. The van der Waals surface area contributed by atoms with Gasteiger partial charge < -0.3 is 14.8 Å². The van der Waals surface area contributed by atoms with Crippen molar-refractivity contribution < 1.29 is 22.7 Å². The van der Waals surface area contributed by atoms with Crippen molar-refractivity contribution in [3.8, 4) is 0 Å². The van der Waals surface area contributed by atoms with E-state index >= 15 is 0 Å². The van der Waals surface area contributed by atoms with Crippen LogP contribution in [0.25, 0.3) is 0 Å². The van der Waals surface area contributed by atoms with Crippen molar-refractivity contribution in [3.63, 3.8) is 0 Å². The predicted molar refractivity (Wildman–Crippen MR) is 78.6 cm³/mol. The van der Waals surface area contributed by atoms with Gasteiger partial charge in [0.15, 0.2) is 0 Å². The van der Waals surface area contributed by atoms with Crippen LogP contribution >= 0.6 is 0 Å². The first-order valence-corrected chi connectivity index (χ1v) is 7.71. The van der Waals surface area contributed by atoms with Crippen molar-refractivity contribution >= 4 is 21.6 Å². The van der Waals surface area contributed by atoms with E-state index < -0.39 is 10.0 Å². The van der Waals surface area contributed by atoms with Gasteiger partial charge >= 0.3 is 0 Å². The van der Waals surface area contributed by atoms with Gasteiger partial charge in [0.25, 0.3) is 0 Å². The fraction of sp³-hybridized carbons (Fsp3) is 0.462. The largest absolute Gasteiger partial charge is 0.382 e. The number of methoxy groups -OCH3 is 1. The second-order valence-electron chi connectivity index (χ2n) is 4.41. The highest BCUT2D eigenvalue weighted by molar-refractivity contribution is 7.89. The van der Waals surface area contributed by atoms with Gasteiger partial charge in [0.05, 0.1) is 18.1 Å². The van der Waals surface area contributed by atoms with Gasteiger partial charge in [-0.15, -0.1) is 0 Å². The lowest BCUT2D eigenvalue weighted by atomic mass is 10.3. The molecule has 0 fully saturated rings. The zero-order valence-electron chi connectivity index (χ0n) is 12.3. The quantitative estimate of drug-likeness (QED) is 0.708. The van der Waals surface area contributed by atoms with Crippen molar-refractivity contribution in [1.82, 2.24) is 4.31 Å². The summed E-state index contributed by atoms with van der Waals surface area (Å²) in [5, 5.41) is 2.61. The maximum atomic E-state index is 11.9. The van der Waals surface area contributed by atoms with Crippen molar-refractivity contribution in [3.05, 3.63) is 24.3 Å². The molecule has 0 atom stereocenters. The summed E-state index contributed by atoms with van der Waals surface area (Å²) in [5.74, 6) is -0.311. The maximum absolute atomic E-state index is 11.9. The lowest BCUT2D eigenvalue weighted by Gasteiger charge is -2.12. The van der Waals surface area contributed by atoms with Gasteiger partial charge in [-0.3, -0.25) is 4.79 Å². The van der Waals surface area contributed by atoms with Crippen LogP contribution in [-0.4, -0.2) is 59.7 Å². The standard InChI is InChI=1S/C13H20N2O5S/c1-15(2)21(17,18)12-6-4-11(5-7-12)14-13(16)10-20-9-8-19-3/h4-7H,8-10H2,1-3H3,(H,14,16). The fourth-order valence-electron chi connectivity index (χ4n) is 1.43. The molecular formula is C13H20N2O5S. The van der Waals surface area contributed by atoms with Crippen LogP contribution in [0, 0.1) is 0 Å². The fourth-order valence-corrected chi connectivity index (χ4v) is 2.33. The molecule has 0 saturated carbocycles. The van der Waals surface area contributed by atoms with E-state index in [1.54, 1.807) is 7.11 Å². The first-order valence-electron chi connectivity index (χ1n) is 6.27. The van der Waals surface area contributed by atoms with Crippen LogP contribution in [0.4, 0.5) is 5.69 Å². The number of nitrogens with zero attached hydrogens (tertiary/aromatic N) is 1.